The Bertz CT molecular complexity index is 564. The average molecular weight is 265 g/mol. The highest BCUT2D eigenvalue weighted by Crippen LogP contribution is 2.35. The summed E-state index contributed by atoms with van der Waals surface area (Å²) in [6.07, 6.45) is 0. The van der Waals surface area contributed by atoms with Crippen molar-refractivity contribution < 1.29 is 4.39 Å². The highest BCUT2D eigenvalue weighted by atomic mass is 35.5. The lowest BCUT2D eigenvalue weighted by Gasteiger charge is -2.23. The van der Waals surface area contributed by atoms with E-state index in [1.165, 1.54) is 6.07 Å². The summed E-state index contributed by atoms with van der Waals surface area (Å²) in [7, 11) is 1.85. The lowest BCUT2D eigenvalue weighted by molar-refractivity contribution is 0.618. The Morgan fingerprint density at radius 1 is 1.22 bits per heavy atom. The summed E-state index contributed by atoms with van der Waals surface area (Å²) < 4.78 is 13.3. The lowest BCUT2D eigenvalue weighted by atomic mass is 10.1. The third-order valence-corrected chi connectivity index (χ3v) is 3.19. The zero-order valence-electron chi connectivity index (χ0n) is 10.2. The molecule has 4 heteroatoms. The Kier molecular flexibility index (Phi) is 3.43. The molecule has 2 aromatic carbocycles. The van der Waals surface area contributed by atoms with E-state index in [1.54, 1.807) is 37.3 Å². The van der Waals surface area contributed by atoms with Crippen molar-refractivity contribution in [3.63, 3.8) is 0 Å². The van der Waals surface area contributed by atoms with Gasteiger partial charge in [0.15, 0.2) is 0 Å². The first-order chi connectivity index (χ1) is 8.50. The number of halogens is 2. The number of para-hydroxylation sites is 1. The third-order valence-electron chi connectivity index (χ3n) is 2.88. The van der Waals surface area contributed by atoms with E-state index in [0.29, 0.717) is 16.3 Å². The molecule has 0 saturated carbocycles. The Morgan fingerprint density at radius 2 is 1.94 bits per heavy atom. The molecular weight excluding hydrogens is 251 g/mol. The van der Waals surface area contributed by atoms with Crippen molar-refractivity contribution in [3.8, 4) is 0 Å². The van der Waals surface area contributed by atoms with E-state index in [9.17, 15) is 4.39 Å². The van der Waals surface area contributed by atoms with Crippen molar-refractivity contribution in [2.45, 2.75) is 6.92 Å². The van der Waals surface area contributed by atoms with Crippen molar-refractivity contribution in [2.24, 2.45) is 0 Å². The van der Waals surface area contributed by atoms with Gasteiger partial charge >= 0.3 is 0 Å². The van der Waals surface area contributed by atoms with Gasteiger partial charge in [0.2, 0.25) is 0 Å². The molecule has 0 amide bonds. The standard InChI is InChI=1S/C14H14ClFN2/c1-9-8-10(6-7-12(9)16)18(2)14-11(15)4-3-5-13(14)17/h3-8H,17H2,1-2H3. The van der Waals surface area contributed by atoms with E-state index in [2.05, 4.69) is 0 Å². The number of nitrogen functional groups attached to an aromatic ring is 1. The Morgan fingerprint density at radius 3 is 2.56 bits per heavy atom. The molecular formula is C14H14ClFN2. The number of aryl methyl sites for hydroxylation is 1. The van der Waals surface area contributed by atoms with Crippen molar-refractivity contribution in [3.05, 3.63) is 52.8 Å². The highest BCUT2D eigenvalue weighted by Gasteiger charge is 2.12. The molecule has 0 bridgehead atoms. The smallest absolute Gasteiger partial charge is 0.126 e. The predicted molar refractivity (Wildman–Crippen MR) is 75.1 cm³/mol. The van der Waals surface area contributed by atoms with Gasteiger partial charge in [-0.25, -0.2) is 4.39 Å². The monoisotopic (exact) mass is 264 g/mol. The SMILES string of the molecule is Cc1cc(N(C)c2c(N)cccc2Cl)ccc1F. The van der Waals surface area contributed by atoms with Crippen LogP contribution in [0.1, 0.15) is 5.56 Å². The van der Waals surface area contributed by atoms with Crippen LogP contribution in [0, 0.1) is 12.7 Å². The molecule has 0 radical (unpaired) electrons. The molecule has 2 nitrogen and oxygen atoms in total. The summed E-state index contributed by atoms with van der Waals surface area (Å²) >= 11 is 6.15. The molecule has 0 spiro atoms. The van der Waals surface area contributed by atoms with Gasteiger partial charge in [-0.2, -0.15) is 0 Å². The molecule has 0 aromatic heterocycles. The van der Waals surface area contributed by atoms with Gasteiger partial charge in [-0.3, -0.25) is 0 Å². The van der Waals surface area contributed by atoms with Crippen LogP contribution in [0.3, 0.4) is 0 Å². The van der Waals surface area contributed by atoms with E-state index in [0.717, 1.165) is 11.4 Å². The van der Waals surface area contributed by atoms with Gasteiger partial charge in [-0.05, 0) is 42.8 Å². The van der Waals surface area contributed by atoms with Crippen LogP contribution in [0.25, 0.3) is 0 Å². The maximum absolute atomic E-state index is 13.3. The largest absolute Gasteiger partial charge is 0.397 e. The molecule has 0 fully saturated rings. The minimum absolute atomic E-state index is 0.223. The van der Waals surface area contributed by atoms with Gasteiger partial charge in [0.05, 0.1) is 16.4 Å². The van der Waals surface area contributed by atoms with Gasteiger partial charge in [0.1, 0.15) is 5.82 Å². The zero-order valence-corrected chi connectivity index (χ0v) is 11.0. The molecule has 0 aliphatic carbocycles. The molecule has 2 N–H and O–H groups in total. The highest BCUT2D eigenvalue weighted by molar-refractivity contribution is 6.34. The minimum atomic E-state index is -0.223. The van der Waals surface area contributed by atoms with Gasteiger partial charge < -0.3 is 10.6 Å². The van der Waals surface area contributed by atoms with E-state index in [4.69, 9.17) is 17.3 Å². The van der Waals surface area contributed by atoms with Crippen LogP contribution < -0.4 is 10.6 Å². The van der Waals surface area contributed by atoms with Gasteiger partial charge in [0, 0.05) is 12.7 Å². The number of nitrogens with two attached hydrogens (primary N) is 1. The summed E-state index contributed by atoms with van der Waals surface area (Å²) in [5.41, 5.74) is 8.67. The number of hydrogen-bond donors (Lipinski definition) is 1. The minimum Gasteiger partial charge on any atom is -0.397 e. The van der Waals surface area contributed by atoms with Crippen LogP contribution in [0.5, 0.6) is 0 Å². The van der Waals surface area contributed by atoms with Crippen LogP contribution >= 0.6 is 11.6 Å². The van der Waals surface area contributed by atoms with Crippen molar-refractivity contribution >= 4 is 28.7 Å². The summed E-state index contributed by atoms with van der Waals surface area (Å²) in [5.74, 6) is -0.223. The van der Waals surface area contributed by atoms with Crippen molar-refractivity contribution in [1.82, 2.24) is 0 Å². The van der Waals surface area contributed by atoms with E-state index in [1.807, 2.05) is 11.9 Å². The van der Waals surface area contributed by atoms with Gasteiger partial charge in [-0.15, -0.1) is 0 Å². The topological polar surface area (TPSA) is 29.3 Å². The maximum atomic E-state index is 13.3. The normalized spacial score (nSPS) is 10.4. The first kappa shape index (κ1) is 12.7. The first-order valence-electron chi connectivity index (χ1n) is 5.54. The Hall–Kier alpha value is -1.74. The van der Waals surface area contributed by atoms with Crippen LogP contribution in [0.2, 0.25) is 5.02 Å². The maximum Gasteiger partial charge on any atom is 0.126 e. The summed E-state index contributed by atoms with van der Waals surface area (Å²) in [6, 6.07) is 10.3. The summed E-state index contributed by atoms with van der Waals surface area (Å²) in [4.78, 5) is 1.85. The average Bonchev–Trinajstić information content (AvgIpc) is 2.32. The fraction of sp³-hybridized carbons (Fsp3) is 0.143. The molecule has 2 rings (SSSR count). The molecule has 18 heavy (non-hydrogen) atoms. The summed E-state index contributed by atoms with van der Waals surface area (Å²) in [5, 5.41) is 0.569. The van der Waals surface area contributed by atoms with Gasteiger partial charge in [-0.1, -0.05) is 17.7 Å². The van der Waals surface area contributed by atoms with Crippen molar-refractivity contribution in [1.29, 1.82) is 0 Å². The molecule has 2 aromatic rings. The number of nitrogens with zero attached hydrogens (tertiary/aromatic N) is 1. The Balaban J connectivity index is 2.48. The Labute approximate surface area is 111 Å². The van der Waals surface area contributed by atoms with Crippen LogP contribution in [-0.4, -0.2) is 7.05 Å². The summed E-state index contributed by atoms with van der Waals surface area (Å²) in [6.45, 7) is 1.72. The number of hydrogen-bond acceptors (Lipinski definition) is 2. The lowest BCUT2D eigenvalue weighted by Crippen LogP contribution is -2.12. The molecule has 94 valence electrons. The van der Waals surface area contributed by atoms with E-state index in [-0.39, 0.29) is 5.82 Å². The van der Waals surface area contributed by atoms with Crippen LogP contribution in [0.4, 0.5) is 21.5 Å². The zero-order chi connectivity index (χ0) is 13.3. The fourth-order valence-electron chi connectivity index (χ4n) is 1.85. The second-order valence-corrected chi connectivity index (χ2v) is 4.58. The number of benzene rings is 2. The van der Waals surface area contributed by atoms with E-state index >= 15 is 0 Å². The predicted octanol–water partition coefficient (Wildman–Crippen LogP) is 4.14. The molecule has 0 aliphatic heterocycles. The third kappa shape index (κ3) is 2.27. The quantitative estimate of drug-likeness (QED) is 0.826. The second-order valence-electron chi connectivity index (χ2n) is 4.17. The van der Waals surface area contributed by atoms with Crippen LogP contribution in [0.15, 0.2) is 36.4 Å². The first-order valence-corrected chi connectivity index (χ1v) is 5.92. The molecule has 0 saturated heterocycles. The second kappa shape index (κ2) is 4.86. The number of anilines is 3. The number of rotatable bonds is 2. The van der Waals surface area contributed by atoms with Gasteiger partial charge in [0.25, 0.3) is 0 Å². The van der Waals surface area contributed by atoms with E-state index < -0.39 is 0 Å². The molecule has 0 heterocycles. The molecule has 0 atom stereocenters. The van der Waals surface area contributed by atoms with Crippen LogP contribution in [-0.2, 0) is 0 Å². The van der Waals surface area contributed by atoms with Crippen molar-refractivity contribution in [2.75, 3.05) is 17.7 Å². The molecule has 0 unspecified atom stereocenters. The molecule has 0 aliphatic rings. The fourth-order valence-corrected chi connectivity index (χ4v) is 2.16.